The Balaban J connectivity index is 2.19. The molecule has 0 bridgehead atoms. The van der Waals surface area contributed by atoms with Gasteiger partial charge < -0.3 is 14.8 Å². The summed E-state index contributed by atoms with van der Waals surface area (Å²) >= 11 is 6.09. The molecule has 0 saturated carbocycles. The Labute approximate surface area is 170 Å². The average molecular weight is 440 g/mol. The summed E-state index contributed by atoms with van der Waals surface area (Å²) in [6.07, 6.45) is 1.51. The largest absolute Gasteiger partial charge is 0.350 e. The third-order valence-corrected chi connectivity index (χ3v) is 7.62. The lowest BCUT2D eigenvalue weighted by Crippen LogP contribution is -2.31. The third-order valence-electron chi connectivity index (χ3n) is 4.55. The van der Waals surface area contributed by atoms with Crippen molar-refractivity contribution >= 4 is 41.1 Å². The molecule has 1 aromatic carbocycles. The van der Waals surface area contributed by atoms with Gasteiger partial charge in [0.2, 0.25) is 7.37 Å². The number of aromatic amines is 1. The first-order chi connectivity index (χ1) is 13.8. The Morgan fingerprint density at radius 2 is 2.24 bits per heavy atom. The number of carbonyl (C=O) groups is 1. The van der Waals surface area contributed by atoms with Gasteiger partial charge in [-0.25, -0.2) is 8.78 Å². The molecular formula is C19H17ClF2N3O3P. The molecule has 6 nitrogen and oxygen atoms in total. The van der Waals surface area contributed by atoms with Crippen molar-refractivity contribution in [3.05, 3.63) is 52.7 Å². The van der Waals surface area contributed by atoms with Gasteiger partial charge in [-0.2, -0.15) is 5.26 Å². The van der Waals surface area contributed by atoms with Gasteiger partial charge in [0.15, 0.2) is 0 Å². The molecule has 29 heavy (non-hydrogen) atoms. The van der Waals surface area contributed by atoms with Crippen LogP contribution in [0.25, 0.3) is 10.9 Å². The normalized spacial score (nSPS) is 18.5. The average Bonchev–Trinajstić information content (AvgIpc) is 3.06. The molecule has 1 aliphatic carbocycles. The van der Waals surface area contributed by atoms with E-state index in [4.69, 9.17) is 21.4 Å². The van der Waals surface area contributed by atoms with Crippen LogP contribution in [0.5, 0.6) is 0 Å². The summed E-state index contributed by atoms with van der Waals surface area (Å²) in [7, 11) is -2.79. The quantitative estimate of drug-likeness (QED) is 0.512. The topological polar surface area (TPSA) is 95.0 Å². The molecule has 0 fully saturated rings. The van der Waals surface area contributed by atoms with Crippen LogP contribution in [0.2, 0.25) is 5.02 Å². The van der Waals surface area contributed by atoms with Gasteiger partial charge in [0, 0.05) is 42.1 Å². The maximum absolute atomic E-state index is 13.9. The predicted octanol–water partition coefficient (Wildman–Crippen LogP) is 4.49. The minimum absolute atomic E-state index is 0.00991. The van der Waals surface area contributed by atoms with Crippen LogP contribution in [0, 0.1) is 11.3 Å². The van der Waals surface area contributed by atoms with Crippen LogP contribution >= 0.6 is 19.0 Å². The van der Waals surface area contributed by atoms with Crippen molar-refractivity contribution in [2.24, 2.45) is 0 Å². The van der Waals surface area contributed by atoms with Crippen LogP contribution in [0.1, 0.15) is 23.3 Å². The number of nitriles is 1. The zero-order chi connectivity index (χ0) is 21.2. The number of carbonyl (C=O) groups excluding carboxylic acids is 1. The summed E-state index contributed by atoms with van der Waals surface area (Å²) < 4.78 is 47.1. The Hall–Kier alpha value is -2.46. The SMILES string of the molecule is COP(=O)(c1c(C(=O)NCCC#N)[nH]c2ccc(Cl)cc12)C1C=C(F)C=C(F)C1. The van der Waals surface area contributed by atoms with E-state index >= 15 is 0 Å². The zero-order valence-corrected chi connectivity index (χ0v) is 17.0. The van der Waals surface area contributed by atoms with E-state index < -0.39 is 30.6 Å². The van der Waals surface area contributed by atoms with Crippen LogP contribution in [0.4, 0.5) is 8.78 Å². The van der Waals surface area contributed by atoms with Crippen LogP contribution < -0.4 is 10.6 Å². The minimum Gasteiger partial charge on any atom is -0.350 e. The summed E-state index contributed by atoms with van der Waals surface area (Å²) in [5, 5.41) is 11.9. The van der Waals surface area contributed by atoms with Gasteiger partial charge >= 0.3 is 0 Å². The van der Waals surface area contributed by atoms with Crippen molar-refractivity contribution in [3.8, 4) is 6.07 Å². The van der Waals surface area contributed by atoms with Gasteiger partial charge in [0.25, 0.3) is 5.91 Å². The van der Waals surface area contributed by atoms with Gasteiger partial charge in [-0.1, -0.05) is 11.6 Å². The maximum atomic E-state index is 13.9. The molecule has 0 saturated heterocycles. The van der Waals surface area contributed by atoms with Crippen molar-refractivity contribution in [1.82, 2.24) is 10.3 Å². The summed E-state index contributed by atoms with van der Waals surface area (Å²) in [4.78, 5) is 15.6. The van der Waals surface area contributed by atoms with E-state index in [-0.39, 0.29) is 30.4 Å². The highest BCUT2D eigenvalue weighted by Gasteiger charge is 2.41. The predicted molar refractivity (Wildman–Crippen MR) is 107 cm³/mol. The Bertz CT molecular complexity index is 1120. The van der Waals surface area contributed by atoms with Gasteiger partial charge in [0.05, 0.1) is 23.5 Å². The van der Waals surface area contributed by atoms with E-state index in [0.29, 0.717) is 15.9 Å². The van der Waals surface area contributed by atoms with Crippen LogP contribution in [-0.4, -0.2) is 30.2 Å². The first-order valence-corrected chi connectivity index (χ1v) is 10.7. The summed E-state index contributed by atoms with van der Waals surface area (Å²) in [5.41, 5.74) is -0.737. The van der Waals surface area contributed by atoms with Gasteiger partial charge in [0.1, 0.15) is 17.3 Å². The summed E-state index contributed by atoms with van der Waals surface area (Å²) in [6, 6.07) is 6.60. The smallest absolute Gasteiger partial charge is 0.268 e. The Morgan fingerprint density at radius 1 is 1.48 bits per heavy atom. The van der Waals surface area contributed by atoms with Crippen molar-refractivity contribution < 1.29 is 22.7 Å². The van der Waals surface area contributed by atoms with Gasteiger partial charge in [-0.15, -0.1) is 0 Å². The summed E-state index contributed by atoms with van der Waals surface area (Å²) in [6.45, 7) is 0.0809. The molecule has 1 heterocycles. The lowest BCUT2D eigenvalue weighted by Gasteiger charge is -2.26. The Morgan fingerprint density at radius 3 is 2.90 bits per heavy atom. The van der Waals surface area contributed by atoms with E-state index in [1.807, 2.05) is 6.07 Å². The van der Waals surface area contributed by atoms with E-state index in [9.17, 15) is 18.1 Å². The molecule has 1 aliphatic rings. The highest BCUT2D eigenvalue weighted by molar-refractivity contribution is 7.68. The minimum atomic E-state index is -3.96. The monoisotopic (exact) mass is 439 g/mol. The molecule has 0 spiro atoms. The number of fused-ring (bicyclic) bond motifs is 1. The molecule has 152 valence electrons. The number of aromatic nitrogens is 1. The Kier molecular flexibility index (Phi) is 6.23. The second-order valence-electron chi connectivity index (χ2n) is 6.40. The molecule has 2 unspecified atom stereocenters. The summed E-state index contributed by atoms with van der Waals surface area (Å²) in [5.74, 6) is -2.25. The van der Waals surface area contributed by atoms with Crippen LogP contribution in [0.15, 0.2) is 42.0 Å². The van der Waals surface area contributed by atoms with E-state index in [1.54, 1.807) is 12.1 Å². The molecule has 1 aromatic heterocycles. The molecule has 3 rings (SSSR count). The third kappa shape index (κ3) is 4.13. The number of hydrogen-bond donors (Lipinski definition) is 2. The zero-order valence-electron chi connectivity index (χ0n) is 15.3. The van der Waals surface area contributed by atoms with Crippen molar-refractivity contribution in [2.75, 3.05) is 13.7 Å². The highest BCUT2D eigenvalue weighted by atomic mass is 35.5. The number of allylic oxidation sites excluding steroid dienone is 4. The molecule has 0 radical (unpaired) electrons. The first kappa shape index (κ1) is 21.3. The molecule has 2 atom stereocenters. The molecule has 1 amide bonds. The van der Waals surface area contributed by atoms with Crippen molar-refractivity contribution in [3.63, 3.8) is 0 Å². The number of halogens is 3. The molecule has 2 N–H and O–H groups in total. The van der Waals surface area contributed by atoms with Crippen molar-refractivity contribution in [2.45, 2.75) is 18.5 Å². The fourth-order valence-corrected chi connectivity index (χ4v) is 5.97. The fraction of sp³-hybridized carbons (Fsp3) is 0.263. The fourth-order valence-electron chi connectivity index (χ4n) is 3.27. The van der Waals surface area contributed by atoms with E-state index in [2.05, 4.69) is 10.3 Å². The van der Waals surface area contributed by atoms with E-state index in [1.165, 1.54) is 13.2 Å². The highest BCUT2D eigenvalue weighted by Crippen LogP contribution is 2.56. The van der Waals surface area contributed by atoms with Crippen LogP contribution in [-0.2, 0) is 9.09 Å². The van der Waals surface area contributed by atoms with E-state index in [0.717, 1.165) is 12.2 Å². The molecule has 10 heteroatoms. The van der Waals surface area contributed by atoms with Gasteiger partial charge in [-0.05, 0) is 24.3 Å². The number of nitrogens with zero attached hydrogens (tertiary/aromatic N) is 1. The maximum Gasteiger partial charge on any atom is 0.268 e. The van der Waals surface area contributed by atoms with Gasteiger partial charge in [-0.3, -0.25) is 9.36 Å². The number of H-pyrrole nitrogens is 1. The van der Waals surface area contributed by atoms with Crippen LogP contribution in [0.3, 0.4) is 0 Å². The standard InChI is InChI=1S/C19H17ClF2N3O3P/c1-28-29(27,14-9-12(21)8-13(22)10-14)18-15-7-11(20)3-4-16(15)25-17(18)19(26)24-6-2-5-23/h3-4,7-9,14,25H,2,6,10H2,1H3,(H,24,26). The second kappa shape index (κ2) is 8.50. The lowest BCUT2D eigenvalue weighted by molar-refractivity contribution is 0.0951. The second-order valence-corrected chi connectivity index (χ2v) is 9.50. The molecule has 2 aromatic rings. The molecular weight excluding hydrogens is 423 g/mol. The molecule has 0 aliphatic heterocycles. The number of benzene rings is 1. The van der Waals surface area contributed by atoms with Crippen molar-refractivity contribution in [1.29, 1.82) is 5.26 Å². The lowest BCUT2D eigenvalue weighted by atomic mass is 10.1. The number of hydrogen-bond acceptors (Lipinski definition) is 4. The number of amides is 1. The first-order valence-electron chi connectivity index (χ1n) is 8.66. The number of nitrogens with one attached hydrogen (secondary N) is 2. The number of rotatable bonds is 6.